The number of hydrogen-bond donors (Lipinski definition) is 3. The molecule has 17 heavy (non-hydrogen) atoms. The van der Waals surface area contributed by atoms with Gasteiger partial charge in [0.1, 0.15) is 5.82 Å². The number of carbonyl (C=O) groups is 1. The van der Waals surface area contributed by atoms with Crippen molar-refractivity contribution in [3.8, 4) is 0 Å². The summed E-state index contributed by atoms with van der Waals surface area (Å²) in [6, 6.07) is 3.75. The molecule has 6 heteroatoms. The molecule has 1 unspecified atom stereocenters. The van der Waals surface area contributed by atoms with E-state index in [0.29, 0.717) is 0 Å². The van der Waals surface area contributed by atoms with Crippen molar-refractivity contribution in [3.05, 3.63) is 29.6 Å². The third-order valence-corrected chi connectivity index (χ3v) is 2.12. The van der Waals surface area contributed by atoms with E-state index in [0.717, 1.165) is 6.07 Å². The van der Waals surface area contributed by atoms with Crippen molar-refractivity contribution in [2.45, 2.75) is 6.10 Å². The fraction of sp³-hybridized carbons (Fsp3) is 0.364. The minimum Gasteiger partial charge on any atom is -0.478 e. The maximum absolute atomic E-state index is 13.4. The van der Waals surface area contributed by atoms with Gasteiger partial charge in [0, 0.05) is 13.7 Å². The second-order valence-electron chi connectivity index (χ2n) is 3.46. The van der Waals surface area contributed by atoms with E-state index in [-0.39, 0.29) is 24.4 Å². The van der Waals surface area contributed by atoms with Crippen LogP contribution in [0.5, 0.6) is 0 Å². The van der Waals surface area contributed by atoms with Gasteiger partial charge in [0.25, 0.3) is 0 Å². The third-order valence-electron chi connectivity index (χ3n) is 2.12. The molecule has 0 heterocycles. The van der Waals surface area contributed by atoms with E-state index in [4.69, 9.17) is 9.84 Å². The maximum Gasteiger partial charge on any atom is 0.337 e. The molecule has 0 aromatic heterocycles. The van der Waals surface area contributed by atoms with Crippen LogP contribution in [0.2, 0.25) is 0 Å². The van der Waals surface area contributed by atoms with Crippen molar-refractivity contribution in [1.29, 1.82) is 0 Å². The Morgan fingerprint density at radius 1 is 1.59 bits per heavy atom. The summed E-state index contributed by atoms with van der Waals surface area (Å²) < 4.78 is 18.1. The summed E-state index contributed by atoms with van der Waals surface area (Å²) in [6.07, 6.45) is -0.832. The molecule has 94 valence electrons. The number of rotatable bonds is 6. The predicted octanol–water partition coefficient (Wildman–Crippen LogP) is 0.943. The molecule has 0 aliphatic rings. The summed E-state index contributed by atoms with van der Waals surface area (Å²) >= 11 is 0. The summed E-state index contributed by atoms with van der Waals surface area (Å²) in [6.45, 7) is 0.0961. The van der Waals surface area contributed by atoms with Crippen LogP contribution in [0.15, 0.2) is 18.2 Å². The fourth-order valence-corrected chi connectivity index (χ4v) is 1.35. The number of nitrogens with one attached hydrogen (secondary N) is 1. The fourth-order valence-electron chi connectivity index (χ4n) is 1.35. The van der Waals surface area contributed by atoms with Crippen LogP contribution in [-0.2, 0) is 4.74 Å². The van der Waals surface area contributed by atoms with Crippen molar-refractivity contribution in [2.24, 2.45) is 0 Å². The van der Waals surface area contributed by atoms with Crippen LogP contribution in [0, 0.1) is 5.82 Å². The van der Waals surface area contributed by atoms with Crippen molar-refractivity contribution >= 4 is 11.7 Å². The molecule has 1 atom stereocenters. The van der Waals surface area contributed by atoms with Gasteiger partial charge in [0.05, 0.1) is 24.0 Å². The van der Waals surface area contributed by atoms with Gasteiger partial charge in [-0.25, -0.2) is 9.18 Å². The van der Waals surface area contributed by atoms with Crippen LogP contribution in [0.4, 0.5) is 10.1 Å². The Hall–Kier alpha value is -1.66. The highest BCUT2D eigenvalue weighted by atomic mass is 19.1. The first-order chi connectivity index (χ1) is 8.06. The van der Waals surface area contributed by atoms with Gasteiger partial charge in [0.2, 0.25) is 0 Å². The Morgan fingerprint density at radius 2 is 2.29 bits per heavy atom. The molecular formula is C11H14FNO4. The highest BCUT2D eigenvalue weighted by Crippen LogP contribution is 2.19. The first-order valence-corrected chi connectivity index (χ1v) is 4.99. The molecule has 0 amide bonds. The van der Waals surface area contributed by atoms with E-state index in [1.54, 1.807) is 0 Å². The molecule has 0 bridgehead atoms. The third kappa shape index (κ3) is 3.69. The molecule has 5 nitrogen and oxygen atoms in total. The molecule has 0 saturated heterocycles. The van der Waals surface area contributed by atoms with Crippen molar-refractivity contribution in [3.63, 3.8) is 0 Å². The normalized spacial score (nSPS) is 12.2. The summed E-state index contributed by atoms with van der Waals surface area (Å²) in [5.41, 5.74) is -0.301. The van der Waals surface area contributed by atoms with E-state index >= 15 is 0 Å². The van der Waals surface area contributed by atoms with Gasteiger partial charge < -0.3 is 20.3 Å². The molecule has 0 radical (unpaired) electrons. The van der Waals surface area contributed by atoms with Crippen LogP contribution < -0.4 is 5.32 Å². The second-order valence-corrected chi connectivity index (χ2v) is 3.46. The molecule has 1 rings (SSSR count). The number of anilines is 1. The Morgan fingerprint density at radius 3 is 2.88 bits per heavy atom. The van der Waals surface area contributed by atoms with Gasteiger partial charge in [-0.3, -0.25) is 0 Å². The minimum absolute atomic E-state index is 0.00898. The quantitative estimate of drug-likeness (QED) is 0.693. The van der Waals surface area contributed by atoms with Gasteiger partial charge in [0.15, 0.2) is 0 Å². The van der Waals surface area contributed by atoms with Crippen LogP contribution in [0.3, 0.4) is 0 Å². The average Bonchev–Trinajstić information content (AvgIpc) is 2.27. The van der Waals surface area contributed by atoms with E-state index in [1.165, 1.54) is 19.2 Å². The van der Waals surface area contributed by atoms with Crippen LogP contribution >= 0.6 is 0 Å². The number of para-hydroxylation sites is 1. The summed E-state index contributed by atoms with van der Waals surface area (Å²) in [5.74, 6) is -1.90. The molecule has 0 aliphatic carbocycles. The number of aromatic carboxylic acids is 1. The van der Waals surface area contributed by atoms with Crippen molar-refractivity contribution < 1.29 is 24.1 Å². The first-order valence-electron chi connectivity index (χ1n) is 4.99. The molecule has 1 aromatic rings. The lowest BCUT2D eigenvalue weighted by atomic mass is 10.1. The zero-order valence-corrected chi connectivity index (χ0v) is 9.31. The molecular weight excluding hydrogens is 229 g/mol. The monoisotopic (exact) mass is 243 g/mol. The van der Waals surface area contributed by atoms with Gasteiger partial charge in [-0.1, -0.05) is 6.07 Å². The van der Waals surface area contributed by atoms with Gasteiger partial charge in [-0.2, -0.15) is 0 Å². The minimum atomic E-state index is -1.23. The number of aliphatic hydroxyl groups excluding tert-OH is 1. The number of ether oxygens (including phenoxy) is 1. The average molecular weight is 243 g/mol. The number of methoxy groups -OCH3 is 1. The number of aliphatic hydroxyl groups is 1. The number of carboxylic acid groups (broad SMARTS) is 1. The van der Waals surface area contributed by atoms with Crippen LogP contribution in [-0.4, -0.2) is 42.5 Å². The standard InChI is InChI=1S/C11H14FNO4/c1-17-6-7(14)5-13-10-8(11(15)16)3-2-4-9(10)12/h2-4,7,13-14H,5-6H2,1H3,(H,15,16). The highest BCUT2D eigenvalue weighted by Gasteiger charge is 2.14. The number of halogens is 1. The number of carboxylic acids is 1. The van der Waals surface area contributed by atoms with Gasteiger partial charge in [-0.15, -0.1) is 0 Å². The van der Waals surface area contributed by atoms with Crippen molar-refractivity contribution in [2.75, 3.05) is 25.6 Å². The first kappa shape index (κ1) is 13.4. The smallest absolute Gasteiger partial charge is 0.337 e. The lowest BCUT2D eigenvalue weighted by Crippen LogP contribution is -2.25. The molecule has 3 N–H and O–H groups in total. The Kier molecular flexibility index (Phi) is 4.86. The van der Waals surface area contributed by atoms with Crippen LogP contribution in [0.25, 0.3) is 0 Å². The second kappa shape index (κ2) is 6.17. The lowest BCUT2D eigenvalue weighted by molar-refractivity contribution is 0.0692. The SMILES string of the molecule is COCC(O)CNc1c(F)cccc1C(=O)O. The number of benzene rings is 1. The number of hydrogen-bond acceptors (Lipinski definition) is 4. The lowest BCUT2D eigenvalue weighted by Gasteiger charge is -2.14. The summed E-state index contributed by atoms with van der Waals surface area (Å²) in [5, 5.41) is 20.8. The topological polar surface area (TPSA) is 78.8 Å². The molecule has 1 aromatic carbocycles. The highest BCUT2D eigenvalue weighted by molar-refractivity contribution is 5.94. The van der Waals surface area contributed by atoms with E-state index < -0.39 is 17.9 Å². The largest absolute Gasteiger partial charge is 0.478 e. The molecule has 0 spiro atoms. The van der Waals surface area contributed by atoms with E-state index in [1.807, 2.05) is 0 Å². The predicted molar refractivity (Wildman–Crippen MR) is 59.7 cm³/mol. The van der Waals surface area contributed by atoms with Gasteiger partial charge in [-0.05, 0) is 12.1 Å². The van der Waals surface area contributed by atoms with E-state index in [2.05, 4.69) is 5.32 Å². The summed E-state index contributed by atoms with van der Waals surface area (Å²) in [4.78, 5) is 10.9. The Bertz CT molecular complexity index is 397. The maximum atomic E-state index is 13.4. The van der Waals surface area contributed by atoms with Crippen LogP contribution in [0.1, 0.15) is 10.4 Å². The molecule has 0 aliphatic heterocycles. The summed E-state index contributed by atoms with van der Waals surface area (Å²) in [7, 11) is 1.43. The molecule has 0 fully saturated rings. The van der Waals surface area contributed by atoms with E-state index in [9.17, 15) is 14.3 Å². The zero-order chi connectivity index (χ0) is 12.8. The zero-order valence-electron chi connectivity index (χ0n) is 9.31. The Labute approximate surface area is 97.8 Å². The Balaban J connectivity index is 2.79. The van der Waals surface area contributed by atoms with Crippen molar-refractivity contribution in [1.82, 2.24) is 0 Å². The van der Waals surface area contributed by atoms with Gasteiger partial charge >= 0.3 is 5.97 Å². The molecule has 0 saturated carbocycles.